The lowest BCUT2D eigenvalue weighted by Crippen LogP contribution is -2.46. The van der Waals surface area contributed by atoms with E-state index in [1.165, 1.54) is 5.56 Å². The standard InChI is InChI=1S/C28H31N3O3/c1-2-29-27(32)26(22-12-14-23(15-13-22)28(33)34)24-10-6-7-11-25(24)31-18-16-30(17-19-31)20-21-8-4-3-5-9-21/h3-15,26H,2,16-20H2,1H3,(H,29,32)(H,33,34). The van der Waals surface area contributed by atoms with Gasteiger partial charge in [-0.3, -0.25) is 9.69 Å². The maximum Gasteiger partial charge on any atom is 0.335 e. The molecule has 1 fully saturated rings. The number of piperazine rings is 1. The Kier molecular flexibility index (Phi) is 7.60. The molecule has 1 aliphatic heterocycles. The number of rotatable bonds is 8. The molecule has 1 saturated heterocycles. The average Bonchev–Trinajstić information content (AvgIpc) is 2.86. The Labute approximate surface area is 200 Å². The molecule has 176 valence electrons. The van der Waals surface area contributed by atoms with Gasteiger partial charge in [0, 0.05) is 45.0 Å². The zero-order valence-electron chi connectivity index (χ0n) is 19.5. The number of anilines is 1. The van der Waals surface area contributed by atoms with Gasteiger partial charge >= 0.3 is 5.97 Å². The minimum atomic E-state index is -0.977. The lowest BCUT2D eigenvalue weighted by Gasteiger charge is -2.37. The van der Waals surface area contributed by atoms with Gasteiger partial charge in [0.25, 0.3) is 0 Å². The molecular formula is C28H31N3O3. The van der Waals surface area contributed by atoms with Gasteiger partial charge in [-0.25, -0.2) is 4.79 Å². The molecule has 0 radical (unpaired) electrons. The van der Waals surface area contributed by atoms with Crippen LogP contribution in [0, 0.1) is 0 Å². The second kappa shape index (κ2) is 11.0. The van der Waals surface area contributed by atoms with Crippen LogP contribution in [0.1, 0.15) is 39.9 Å². The summed E-state index contributed by atoms with van der Waals surface area (Å²) in [6.45, 7) is 7.02. The quantitative estimate of drug-likeness (QED) is 0.535. The predicted molar refractivity (Wildman–Crippen MR) is 134 cm³/mol. The first-order valence-corrected chi connectivity index (χ1v) is 11.8. The van der Waals surface area contributed by atoms with Crippen molar-refractivity contribution in [3.05, 3.63) is 101 Å². The summed E-state index contributed by atoms with van der Waals surface area (Å²) >= 11 is 0. The Morgan fingerprint density at radius 3 is 2.18 bits per heavy atom. The molecular weight excluding hydrogens is 426 g/mol. The van der Waals surface area contributed by atoms with E-state index in [0.717, 1.165) is 49.5 Å². The normalized spacial score (nSPS) is 15.0. The topological polar surface area (TPSA) is 72.9 Å². The van der Waals surface area contributed by atoms with Crippen LogP contribution in [0.15, 0.2) is 78.9 Å². The predicted octanol–water partition coefficient (Wildman–Crippen LogP) is 3.98. The molecule has 34 heavy (non-hydrogen) atoms. The van der Waals surface area contributed by atoms with Gasteiger partial charge in [-0.15, -0.1) is 0 Å². The molecule has 4 rings (SSSR count). The number of hydrogen-bond acceptors (Lipinski definition) is 4. The van der Waals surface area contributed by atoms with Crippen molar-refractivity contribution < 1.29 is 14.7 Å². The van der Waals surface area contributed by atoms with Crippen molar-refractivity contribution in [1.29, 1.82) is 0 Å². The Morgan fingerprint density at radius 1 is 0.882 bits per heavy atom. The van der Waals surface area contributed by atoms with Crippen LogP contribution in [0.3, 0.4) is 0 Å². The number of para-hydroxylation sites is 1. The molecule has 6 heteroatoms. The molecule has 2 N–H and O–H groups in total. The van der Waals surface area contributed by atoms with Crippen molar-refractivity contribution in [1.82, 2.24) is 10.2 Å². The second-order valence-corrected chi connectivity index (χ2v) is 8.56. The highest BCUT2D eigenvalue weighted by Crippen LogP contribution is 2.34. The summed E-state index contributed by atoms with van der Waals surface area (Å²) in [4.78, 5) is 29.3. The minimum Gasteiger partial charge on any atom is -0.478 e. The smallest absolute Gasteiger partial charge is 0.335 e. The van der Waals surface area contributed by atoms with Crippen LogP contribution in [-0.2, 0) is 11.3 Å². The number of carboxylic acids is 1. The molecule has 1 heterocycles. The third kappa shape index (κ3) is 5.46. The molecule has 3 aromatic carbocycles. The molecule has 6 nitrogen and oxygen atoms in total. The van der Waals surface area contributed by atoms with Gasteiger partial charge in [-0.2, -0.15) is 0 Å². The SMILES string of the molecule is CCNC(=O)C(c1ccc(C(=O)O)cc1)c1ccccc1N1CCN(Cc2ccccc2)CC1. The van der Waals surface area contributed by atoms with E-state index in [1.807, 2.05) is 31.2 Å². The summed E-state index contributed by atoms with van der Waals surface area (Å²) in [6.07, 6.45) is 0. The Bertz CT molecular complexity index is 1110. The average molecular weight is 458 g/mol. The van der Waals surface area contributed by atoms with Crippen molar-refractivity contribution in [3.8, 4) is 0 Å². The summed E-state index contributed by atoms with van der Waals surface area (Å²) in [5, 5.41) is 12.2. The lowest BCUT2D eigenvalue weighted by molar-refractivity contribution is -0.121. The van der Waals surface area contributed by atoms with Crippen LogP contribution < -0.4 is 10.2 Å². The van der Waals surface area contributed by atoms with Crippen molar-refractivity contribution in [2.75, 3.05) is 37.6 Å². The van der Waals surface area contributed by atoms with Gasteiger partial charge < -0.3 is 15.3 Å². The number of hydrogen-bond donors (Lipinski definition) is 2. The van der Waals surface area contributed by atoms with Crippen LogP contribution in [0.25, 0.3) is 0 Å². The second-order valence-electron chi connectivity index (χ2n) is 8.56. The van der Waals surface area contributed by atoms with Crippen LogP contribution >= 0.6 is 0 Å². The van der Waals surface area contributed by atoms with E-state index >= 15 is 0 Å². The summed E-state index contributed by atoms with van der Waals surface area (Å²) in [5.74, 6) is -1.57. The molecule has 1 unspecified atom stereocenters. The monoisotopic (exact) mass is 457 g/mol. The molecule has 0 bridgehead atoms. The van der Waals surface area contributed by atoms with Crippen molar-refractivity contribution in [2.45, 2.75) is 19.4 Å². The van der Waals surface area contributed by atoms with Gasteiger partial charge in [0.15, 0.2) is 0 Å². The van der Waals surface area contributed by atoms with E-state index < -0.39 is 11.9 Å². The highest BCUT2D eigenvalue weighted by molar-refractivity contribution is 5.90. The number of likely N-dealkylation sites (N-methyl/N-ethyl adjacent to an activating group) is 1. The first-order chi connectivity index (χ1) is 16.6. The highest BCUT2D eigenvalue weighted by atomic mass is 16.4. The molecule has 1 amide bonds. The number of carbonyl (C=O) groups is 2. The molecule has 1 aliphatic rings. The number of nitrogens with zero attached hydrogens (tertiary/aromatic N) is 2. The first kappa shape index (κ1) is 23.5. The Hall–Kier alpha value is -3.64. The fraction of sp³-hybridized carbons (Fsp3) is 0.286. The molecule has 0 saturated carbocycles. The fourth-order valence-corrected chi connectivity index (χ4v) is 4.57. The summed E-state index contributed by atoms with van der Waals surface area (Å²) in [6, 6.07) is 25.2. The number of amides is 1. The summed E-state index contributed by atoms with van der Waals surface area (Å²) in [7, 11) is 0. The van der Waals surface area contributed by atoms with E-state index in [0.29, 0.717) is 6.54 Å². The maximum atomic E-state index is 13.2. The van der Waals surface area contributed by atoms with Crippen LogP contribution in [0.5, 0.6) is 0 Å². The Balaban J connectivity index is 1.57. The lowest BCUT2D eigenvalue weighted by atomic mass is 9.88. The van der Waals surface area contributed by atoms with Gasteiger partial charge in [-0.1, -0.05) is 60.7 Å². The molecule has 0 aliphatic carbocycles. The zero-order chi connectivity index (χ0) is 23.9. The van der Waals surface area contributed by atoms with Crippen LogP contribution in [0.4, 0.5) is 5.69 Å². The van der Waals surface area contributed by atoms with Gasteiger partial charge in [0.2, 0.25) is 5.91 Å². The highest BCUT2D eigenvalue weighted by Gasteiger charge is 2.28. The fourth-order valence-electron chi connectivity index (χ4n) is 4.57. The molecule has 0 spiro atoms. The number of aromatic carboxylic acids is 1. The number of benzene rings is 3. The van der Waals surface area contributed by atoms with E-state index in [-0.39, 0.29) is 11.5 Å². The summed E-state index contributed by atoms with van der Waals surface area (Å²) in [5.41, 5.74) is 4.30. The largest absolute Gasteiger partial charge is 0.478 e. The third-order valence-electron chi connectivity index (χ3n) is 6.31. The van der Waals surface area contributed by atoms with Crippen molar-refractivity contribution >= 4 is 17.6 Å². The minimum absolute atomic E-state index is 0.0826. The molecule has 0 aromatic heterocycles. The van der Waals surface area contributed by atoms with E-state index in [9.17, 15) is 14.7 Å². The Morgan fingerprint density at radius 2 is 1.53 bits per heavy atom. The van der Waals surface area contributed by atoms with Crippen LogP contribution in [0.2, 0.25) is 0 Å². The van der Waals surface area contributed by atoms with Crippen molar-refractivity contribution in [3.63, 3.8) is 0 Å². The van der Waals surface area contributed by atoms with Gasteiger partial charge in [0.1, 0.15) is 0 Å². The summed E-state index contributed by atoms with van der Waals surface area (Å²) < 4.78 is 0. The van der Waals surface area contributed by atoms with Crippen LogP contribution in [-0.4, -0.2) is 54.6 Å². The number of carboxylic acid groups (broad SMARTS) is 1. The maximum absolute atomic E-state index is 13.2. The van der Waals surface area contributed by atoms with E-state index in [4.69, 9.17) is 0 Å². The molecule has 1 atom stereocenters. The van der Waals surface area contributed by atoms with Crippen molar-refractivity contribution in [2.24, 2.45) is 0 Å². The third-order valence-corrected chi connectivity index (χ3v) is 6.31. The molecule has 3 aromatic rings. The zero-order valence-corrected chi connectivity index (χ0v) is 19.5. The number of carbonyl (C=O) groups excluding carboxylic acids is 1. The number of nitrogens with one attached hydrogen (secondary N) is 1. The van der Waals surface area contributed by atoms with E-state index in [2.05, 4.69) is 45.4 Å². The van der Waals surface area contributed by atoms with Gasteiger partial charge in [0.05, 0.1) is 11.5 Å². The van der Waals surface area contributed by atoms with E-state index in [1.54, 1.807) is 24.3 Å². The van der Waals surface area contributed by atoms with Gasteiger partial charge in [-0.05, 0) is 41.8 Å². The first-order valence-electron chi connectivity index (χ1n) is 11.8.